The molecule has 2 bridgehead atoms. The summed E-state index contributed by atoms with van der Waals surface area (Å²) in [7, 11) is 1.27. The summed E-state index contributed by atoms with van der Waals surface area (Å²) >= 11 is 0. The Bertz CT molecular complexity index is 1220. The predicted molar refractivity (Wildman–Crippen MR) is 126 cm³/mol. The van der Waals surface area contributed by atoms with Gasteiger partial charge in [0.2, 0.25) is 11.8 Å². The zero-order valence-corrected chi connectivity index (χ0v) is 19.0. The van der Waals surface area contributed by atoms with Gasteiger partial charge in [0.25, 0.3) is 0 Å². The molecule has 2 unspecified atom stereocenters. The van der Waals surface area contributed by atoms with E-state index in [9.17, 15) is 19.2 Å². The molecule has 0 aromatic heterocycles. The molecule has 178 valence electrons. The Hall–Kier alpha value is -3.94. The minimum absolute atomic E-state index is 0.0984. The van der Waals surface area contributed by atoms with Crippen LogP contribution in [0, 0.1) is 35.5 Å². The van der Waals surface area contributed by atoms with Gasteiger partial charge in [-0.25, -0.2) is 4.79 Å². The molecule has 6 atom stereocenters. The summed E-state index contributed by atoms with van der Waals surface area (Å²) in [4.78, 5) is 51.5. The van der Waals surface area contributed by atoms with Crippen LogP contribution in [0.5, 0.6) is 5.75 Å². The summed E-state index contributed by atoms with van der Waals surface area (Å²) in [5.41, 5.74) is 1.49. The van der Waals surface area contributed by atoms with Crippen molar-refractivity contribution in [1.82, 2.24) is 0 Å². The van der Waals surface area contributed by atoms with Gasteiger partial charge in [-0.3, -0.25) is 24.6 Å². The van der Waals surface area contributed by atoms with Crippen molar-refractivity contribution in [3.63, 3.8) is 0 Å². The Morgan fingerprint density at radius 1 is 0.914 bits per heavy atom. The lowest BCUT2D eigenvalue weighted by Crippen LogP contribution is -2.40. The van der Waals surface area contributed by atoms with Gasteiger partial charge in [0.1, 0.15) is 5.75 Å². The summed E-state index contributed by atoms with van der Waals surface area (Å²) in [5.74, 6) is 1.09. The van der Waals surface area contributed by atoms with Gasteiger partial charge in [-0.15, -0.1) is 0 Å². The molecule has 1 N–H and O–H groups in total. The molecular formula is C27H24N2O6. The number of carbonyl (C=O) groups is 4. The number of hydrogen-bond acceptors (Lipinski definition) is 6. The second kappa shape index (κ2) is 8.08. The van der Waals surface area contributed by atoms with Crippen LogP contribution in [-0.4, -0.2) is 37.4 Å². The van der Waals surface area contributed by atoms with Crippen LogP contribution < -0.4 is 15.0 Å². The molecule has 7 rings (SSSR count). The molecule has 0 radical (unpaired) electrons. The topological polar surface area (TPSA) is 102 Å². The fourth-order valence-electron chi connectivity index (χ4n) is 6.04. The third-order valence-corrected chi connectivity index (χ3v) is 7.77. The van der Waals surface area contributed by atoms with Crippen molar-refractivity contribution in [3.8, 4) is 5.75 Å². The number of ether oxygens (including phenoxy) is 2. The summed E-state index contributed by atoms with van der Waals surface area (Å²) in [6.45, 7) is -0.174. The van der Waals surface area contributed by atoms with Crippen molar-refractivity contribution in [1.29, 1.82) is 0 Å². The van der Waals surface area contributed by atoms with Crippen molar-refractivity contribution < 1.29 is 28.7 Å². The number of benzene rings is 2. The first-order valence-electron chi connectivity index (χ1n) is 11.7. The van der Waals surface area contributed by atoms with Crippen LogP contribution in [0.15, 0.2) is 60.7 Å². The minimum atomic E-state index is -0.590. The van der Waals surface area contributed by atoms with Crippen molar-refractivity contribution in [2.75, 3.05) is 23.9 Å². The highest BCUT2D eigenvalue weighted by Crippen LogP contribution is 2.65. The molecule has 35 heavy (non-hydrogen) atoms. The minimum Gasteiger partial charge on any atom is -0.485 e. The predicted octanol–water partition coefficient (Wildman–Crippen LogP) is 3.68. The van der Waals surface area contributed by atoms with Gasteiger partial charge in [0.05, 0.1) is 24.6 Å². The lowest BCUT2D eigenvalue weighted by Gasteiger charge is -2.37. The number of rotatable bonds is 6. The number of anilines is 2. The monoisotopic (exact) mass is 472 g/mol. The Morgan fingerprint density at radius 3 is 2.09 bits per heavy atom. The quantitative estimate of drug-likeness (QED) is 0.391. The van der Waals surface area contributed by atoms with E-state index in [1.54, 1.807) is 48.5 Å². The first-order chi connectivity index (χ1) is 17.0. The number of nitrogens with one attached hydrogen (secondary N) is 1. The highest BCUT2D eigenvalue weighted by atomic mass is 16.5. The number of amides is 3. The second-order valence-corrected chi connectivity index (χ2v) is 9.57. The molecule has 2 aromatic carbocycles. The standard InChI is InChI=1S/C27H24N2O6/c1-34-27(33)28-15-4-2-14(3-5-15)22(30)13-35-17-8-6-16(7-9-17)29-25(31)23-18-10-11-19(21-12-20(18)21)24(23)26(29)32/h2-11,18-21,23-24H,12-13H2,1H3,(H,28,33)/t18-,19?,20?,21-,23-,24+/m0/s1. The van der Waals surface area contributed by atoms with E-state index in [0.717, 1.165) is 6.42 Å². The molecule has 1 heterocycles. The maximum absolute atomic E-state index is 13.2. The van der Waals surface area contributed by atoms with E-state index >= 15 is 0 Å². The van der Waals surface area contributed by atoms with Crippen molar-refractivity contribution >= 4 is 35.1 Å². The van der Waals surface area contributed by atoms with Gasteiger partial charge in [-0.2, -0.15) is 0 Å². The average Bonchev–Trinajstić information content (AvgIpc) is 3.66. The summed E-state index contributed by atoms with van der Waals surface area (Å²) in [6.07, 6.45) is 4.86. The molecule has 8 heteroatoms. The number of nitrogens with zero attached hydrogens (tertiary/aromatic N) is 1. The van der Waals surface area contributed by atoms with Gasteiger partial charge < -0.3 is 9.47 Å². The summed E-state index contributed by atoms with van der Waals surface area (Å²) in [5, 5.41) is 2.52. The highest BCUT2D eigenvalue weighted by Gasteiger charge is 2.67. The number of Topliss-reactive ketones (excluding diaryl/α,β-unsaturated/α-hetero) is 1. The molecule has 5 aliphatic rings. The number of methoxy groups -OCH3 is 1. The Morgan fingerprint density at radius 2 is 1.51 bits per heavy atom. The van der Waals surface area contributed by atoms with Gasteiger partial charge in [-0.1, -0.05) is 12.2 Å². The van der Waals surface area contributed by atoms with Crippen LogP contribution in [0.1, 0.15) is 16.8 Å². The molecule has 2 saturated carbocycles. The van der Waals surface area contributed by atoms with Crippen molar-refractivity contribution in [2.45, 2.75) is 6.42 Å². The summed E-state index contributed by atoms with van der Waals surface area (Å²) in [6, 6.07) is 13.1. The van der Waals surface area contributed by atoms with Gasteiger partial charge in [-0.05, 0) is 78.6 Å². The molecule has 2 aromatic rings. The Kier molecular flexibility index (Phi) is 4.98. The van der Waals surface area contributed by atoms with E-state index in [2.05, 4.69) is 22.2 Å². The maximum atomic E-state index is 13.2. The van der Waals surface area contributed by atoms with Crippen LogP contribution in [0.2, 0.25) is 0 Å². The maximum Gasteiger partial charge on any atom is 0.411 e. The number of carbonyl (C=O) groups excluding carboxylic acids is 4. The number of imide groups is 1. The Labute approximate surface area is 201 Å². The van der Waals surface area contributed by atoms with Crippen molar-refractivity contribution in [2.24, 2.45) is 35.5 Å². The first-order valence-corrected chi connectivity index (χ1v) is 11.7. The van der Waals surface area contributed by atoms with E-state index in [0.29, 0.717) is 34.5 Å². The lowest BCUT2D eigenvalue weighted by molar-refractivity contribution is -0.124. The zero-order valence-electron chi connectivity index (χ0n) is 19.0. The molecule has 8 nitrogen and oxygen atoms in total. The molecule has 1 saturated heterocycles. The van der Waals surface area contributed by atoms with E-state index < -0.39 is 6.09 Å². The fraction of sp³-hybridized carbons (Fsp3) is 0.333. The van der Waals surface area contributed by atoms with Crippen molar-refractivity contribution in [3.05, 3.63) is 66.2 Å². The van der Waals surface area contributed by atoms with Crippen LogP contribution in [0.25, 0.3) is 0 Å². The molecule has 0 spiro atoms. The number of allylic oxidation sites excluding steroid dienone is 2. The molecule has 3 fully saturated rings. The smallest absolute Gasteiger partial charge is 0.411 e. The SMILES string of the molecule is COC(=O)Nc1ccc(C(=O)COc2ccc(N3C(=O)[C@@H]4[C@H](C3=O)C3C=C[C@H]4C4C[C@@H]34)cc2)cc1. The second-order valence-electron chi connectivity index (χ2n) is 9.57. The third-order valence-electron chi connectivity index (χ3n) is 7.77. The van der Waals surface area contributed by atoms with Crippen LogP contribution in [0.4, 0.5) is 16.2 Å². The lowest BCUT2D eigenvalue weighted by atomic mass is 9.63. The summed E-state index contributed by atoms with van der Waals surface area (Å²) < 4.78 is 10.2. The van der Waals surface area contributed by atoms with Crippen LogP contribution in [-0.2, 0) is 14.3 Å². The van der Waals surface area contributed by atoms with E-state index in [4.69, 9.17) is 4.74 Å². The molecule has 1 aliphatic heterocycles. The first kappa shape index (κ1) is 21.6. The van der Waals surface area contributed by atoms with Gasteiger partial charge in [0, 0.05) is 11.3 Å². The molecule has 4 aliphatic carbocycles. The van der Waals surface area contributed by atoms with Crippen LogP contribution in [0.3, 0.4) is 0 Å². The zero-order chi connectivity index (χ0) is 24.3. The highest BCUT2D eigenvalue weighted by molar-refractivity contribution is 6.22. The fourth-order valence-corrected chi connectivity index (χ4v) is 6.04. The Balaban J connectivity index is 1.09. The van der Waals surface area contributed by atoms with Crippen LogP contribution >= 0.6 is 0 Å². The van der Waals surface area contributed by atoms with E-state index in [1.807, 2.05) is 0 Å². The molecular weight excluding hydrogens is 448 g/mol. The average molecular weight is 472 g/mol. The van der Waals surface area contributed by atoms with Gasteiger partial charge >= 0.3 is 6.09 Å². The van der Waals surface area contributed by atoms with Gasteiger partial charge in [0.15, 0.2) is 12.4 Å². The third kappa shape index (κ3) is 3.51. The number of hydrogen-bond donors (Lipinski definition) is 1. The number of ketones is 1. The normalized spacial score (nSPS) is 29.5. The largest absolute Gasteiger partial charge is 0.485 e. The van der Waals surface area contributed by atoms with E-state index in [1.165, 1.54) is 12.0 Å². The van der Waals surface area contributed by atoms with E-state index in [-0.39, 0.29) is 47.9 Å². The molecule has 3 amide bonds.